The van der Waals surface area contributed by atoms with Crippen molar-refractivity contribution >= 4 is 5.97 Å². The molecule has 7 rings (SSSR count). The fraction of sp³-hybridized carbons (Fsp3) is 0.167. The third kappa shape index (κ3) is 3.20. The number of aliphatic hydroxyl groups is 2. The molecule has 0 radical (unpaired) electrons. The van der Waals surface area contributed by atoms with Crippen molar-refractivity contribution in [3.63, 3.8) is 0 Å². The van der Waals surface area contributed by atoms with E-state index < -0.39 is 23.1 Å². The zero-order valence-electron chi connectivity index (χ0n) is 19.1. The molecular formula is C30H24O5. The second kappa shape index (κ2) is 7.80. The van der Waals surface area contributed by atoms with Gasteiger partial charge in [-0.15, -0.1) is 0 Å². The van der Waals surface area contributed by atoms with Gasteiger partial charge in [-0.2, -0.15) is 0 Å². The zero-order chi connectivity index (χ0) is 24.2. The second-order valence-electron chi connectivity index (χ2n) is 9.24. The van der Waals surface area contributed by atoms with E-state index >= 15 is 0 Å². The van der Waals surface area contributed by atoms with Crippen molar-refractivity contribution < 1.29 is 24.5 Å². The lowest BCUT2D eigenvalue weighted by molar-refractivity contribution is -0.157. The van der Waals surface area contributed by atoms with Gasteiger partial charge < -0.3 is 19.7 Å². The Hall–Kier alpha value is -3.93. The first-order valence-electron chi connectivity index (χ1n) is 11.6. The van der Waals surface area contributed by atoms with E-state index in [0.29, 0.717) is 39.5 Å². The molecule has 3 aliphatic rings. The van der Waals surface area contributed by atoms with Crippen LogP contribution in [0.5, 0.6) is 17.2 Å². The van der Waals surface area contributed by atoms with E-state index in [1.165, 1.54) is 0 Å². The summed E-state index contributed by atoms with van der Waals surface area (Å²) in [6.45, 7) is 1.86. The standard InChI is InChI=1S/C30H24O5/c1-19-9-5-8-14-27(19)35-28(31)26-18-29(32)22-12-6-7-13-23(22)30(26,33)24-16-15-21(17-25(24)29)34-20-10-3-2-4-11-20/h2-17,26,32-33H,18H2,1H3. The molecule has 0 fully saturated rings. The smallest absolute Gasteiger partial charge is 0.318 e. The molecule has 0 aliphatic heterocycles. The van der Waals surface area contributed by atoms with Gasteiger partial charge >= 0.3 is 5.97 Å². The van der Waals surface area contributed by atoms with E-state index in [-0.39, 0.29) is 6.42 Å². The molecule has 0 amide bonds. The largest absolute Gasteiger partial charge is 0.457 e. The van der Waals surface area contributed by atoms with Gasteiger partial charge in [0, 0.05) is 6.42 Å². The molecule has 0 spiro atoms. The number of rotatable bonds is 4. The minimum Gasteiger partial charge on any atom is -0.457 e. The Balaban J connectivity index is 1.46. The van der Waals surface area contributed by atoms with E-state index in [4.69, 9.17) is 9.47 Å². The summed E-state index contributed by atoms with van der Waals surface area (Å²) in [6, 6.07) is 29.1. The van der Waals surface area contributed by atoms with Gasteiger partial charge in [-0.1, -0.05) is 66.7 Å². The summed E-state index contributed by atoms with van der Waals surface area (Å²) in [6.07, 6.45) is -0.00693. The van der Waals surface area contributed by atoms with Crippen molar-refractivity contribution in [3.8, 4) is 17.2 Å². The number of esters is 1. The summed E-state index contributed by atoms with van der Waals surface area (Å²) >= 11 is 0. The summed E-state index contributed by atoms with van der Waals surface area (Å²) in [7, 11) is 0. The number of carbonyl (C=O) groups is 1. The molecule has 3 aliphatic carbocycles. The molecule has 3 atom stereocenters. The van der Waals surface area contributed by atoms with Gasteiger partial charge in [-0.05, 0) is 65.1 Å². The number of benzene rings is 4. The molecule has 4 aromatic carbocycles. The Morgan fingerprint density at radius 3 is 2.20 bits per heavy atom. The second-order valence-corrected chi connectivity index (χ2v) is 9.24. The van der Waals surface area contributed by atoms with Crippen LogP contribution in [0.25, 0.3) is 0 Å². The van der Waals surface area contributed by atoms with Crippen molar-refractivity contribution in [3.05, 3.63) is 125 Å². The van der Waals surface area contributed by atoms with E-state index in [0.717, 1.165) is 5.56 Å². The lowest BCUT2D eigenvalue weighted by Crippen LogP contribution is -2.57. The van der Waals surface area contributed by atoms with Crippen LogP contribution in [0.15, 0.2) is 97.1 Å². The molecule has 35 heavy (non-hydrogen) atoms. The van der Waals surface area contributed by atoms with Crippen LogP contribution in [0.2, 0.25) is 0 Å². The molecule has 0 heterocycles. The number of hydrogen-bond acceptors (Lipinski definition) is 5. The molecule has 0 aromatic heterocycles. The first kappa shape index (κ1) is 21.6. The van der Waals surface area contributed by atoms with Crippen molar-refractivity contribution in [2.75, 3.05) is 0 Å². The number of carbonyl (C=O) groups excluding carboxylic acids is 1. The molecule has 0 saturated carbocycles. The summed E-state index contributed by atoms with van der Waals surface area (Å²) in [4.78, 5) is 13.5. The molecule has 5 heteroatoms. The normalized spacial score (nSPS) is 23.8. The van der Waals surface area contributed by atoms with Crippen LogP contribution in [-0.4, -0.2) is 16.2 Å². The van der Waals surface area contributed by atoms with Crippen LogP contribution in [0.3, 0.4) is 0 Å². The topological polar surface area (TPSA) is 76.0 Å². The first-order valence-corrected chi connectivity index (χ1v) is 11.6. The van der Waals surface area contributed by atoms with Crippen LogP contribution in [0, 0.1) is 12.8 Å². The Kier molecular flexibility index (Phi) is 4.81. The lowest BCUT2D eigenvalue weighted by Gasteiger charge is -2.53. The Morgan fingerprint density at radius 2 is 1.43 bits per heavy atom. The maximum atomic E-state index is 13.5. The van der Waals surface area contributed by atoms with Gasteiger partial charge in [0.25, 0.3) is 0 Å². The van der Waals surface area contributed by atoms with Gasteiger partial charge in [0.15, 0.2) is 0 Å². The van der Waals surface area contributed by atoms with Crippen molar-refractivity contribution in [2.24, 2.45) is 5.92 Å². The summed E-state index contributed by atoms with van der Waals surface area (Å²) in [5.41, 5.74) is -0.194. The minimum absolute atomic E-state index is 0.00693. The zero-order valence-corrected chi connectivity index (χ0v) is 19.1. The maximum Gasteiger partial charge on any atom is 0.318 e. The molecule has 2 bridgehead atoms. The highest BCUT2D eigenvalue weighted by Gasteiger charge is 2.62. The molecule has 0 saturated heterocycles. The highest BCUT2D eigenvalue weighted by atomic mass is 16.5. The number of fused-ring (bicyclic) bond motifs is 1. The van der Waals surface area contributed by atoms with Crippen LogP contribution < -0.4 is 9.47 Å². The number of hydrogen-bond donors (Lipinski definition) is 2. The highest BCUT2D eigenvalue weighted by molar-refractivity contribution is 5.81. The van der Waals surface area contributed by atoms with Crippen LogP contribution in [0.1, 0.15) is 34.2 Å². The highest BCUT2D eigenvalue weighted by Crippen LogP contribution is 2.60. The first-order chi connectivity index (χ1) is 16.9. The van der Waals surface area contributed by atoms with Gasteiger partial charge in [0.05, 0.1) is 5.92 Å². The molecule has 174 valence electrons. The van der Waals surface area contributed by atoms with E-state index in [9.17, 15) is 15.0 Å². The van der Waals surface area contributed by atoms with Gasteiger partial charge in [-0.3, -0.25) is 4.79 Å². The van der Waals surface area contributed by atoms with Gasteiger partial charge in [-0.25, -0.2) is 0 Å². The van der Waals surface area contributed by atoms with E-state index in [1.807, 2.05) is 55.5 Å². The third-order valence-corrected chi connectivity index (χ3v) is 7.20. The average molecular weight is 465 g/mol. The maximum absolute atomic E-state index is 13.5. The predicted octanol–water partition coefficient (Wildman–Crippen LogP) is 5.20. The number of aryl methyl sites for hydroxylation is 1. The van der Waals surface area contributed by atoms with Crippen LogP contribution >= 0.6 is 0 Å². The molecule has 2 N–H and O–H groups in total. The fourth-order valence-corrected chi connectivity index (χ4v) is 5.50. The molecule has 3 unspecified atom stereocenters. The summed E-state index contributed by atoms with van der Waals surface area (Å²) < 4.78 is 11.7. The van der Waals surface area contributed by atoms with Gasteiger partial charge in [0.2, 0.25) is 0 Å². The lowest BCUT2D eigenvalue weighted by atomic mass is 9.54. The van der Waals surface area contributed by atoms with Crippen molar-refractivity contribution in [2.45, 2.75) is 24.5 Å². The Morgan fingerprint density at radius 1 is 0.771 bits per heavy atom. The summed E-state index contributed by atoms with van der Waals surface area (Å²) in [5, 5.41) is 24.3. The fourth-order valence-electron chi connectivity index (χ4n) is 5.50. The van der Waals surface area contributed by atoms with E-state index in [2.05, 4.69) is 0 Å². The predicted molar refractivity (Wildman–Crippen MR) is 130 cm³/mol. The minimum atomic E-state index is -1.65. The summed E-state index contributed by atoms with van der Waals surface area (Å²) in [5.74, 6) is 0.0743. The monoisotopic (exact) mass is 464 g/mol. The molecule has 5 nitrogen and oxygen atoms in total. The van der Waals surface area contributed by atoms with Crippen LogP contribution in [0.4, 0.5) is 0 Å². The quantitative estimate of drug-likeness (QED) is 0.321. The Bertz CT molecular complexity index is 1450. The average Bonchev–Trinajstić information content (AvgIpc) is 2.88. The molecule has 4 aromatic rings. The van der Waals surface area contributed by atoms with Crippen molar-refractivity contribution in [1.82, 2.24) is 0 Å². The Labute approximate surface area is 203 Å². The van der Waals surface area contributed by atoms with E-state index in [1.54, 1.807) is 48.5 Å². The SMILES string of the molecule is Cc1ccccc1OC(=O)C1CC2(O)c3ccccc3C1(O)c1ccc(Oc3ccccc3)cc12. The number of para-hydroxylation sites is 2. The van der Waals surface area contributed by atoms with Crippen LogP contribution in [-0.2, 0) is 16.0 Å². The molecular weight excluding hydrogens is 440 g/mol. The third-order valence-electron chi connectivity index (χ3n) is 7.20. The van der Waals surface area contributed by atoms with Gasteiger partial charge in [0.1, 0.15) is 28.5 Å². The van der Waals surface area contributed by atoms with Crippen molar-refractivity contribution in [1.29, 1.82) is 0 Å². The number of ether oxygens (including phenoxy) is 2.